The fourth-order valence-corrected chi connectivity index (χ4v) is 4.59. The van der Waals surface area contributed by atoms with Gasteiger partial charge in [-0.2, -0.15) is 8.78 Å². The highest BCUT2D eigenvalue weighted by molar-refractivity contribution is 6.09. The predicted molar refractivity (Wildman–Crippen MR) is 136 cm³/mol. The van der Waals surface area contributed by atoms with Crippen molar-refractivity contribution in [3.63, 3.8) is 0 Å². The molecule has 2 aromatic carbocycles. The number of carbonyl (C=O) groups is 1. The van der Waals surface area contributed by atoms with Gasteiger partial charge in [-0.25, -0.2) is 24.1 Å². The molecule has 0 spiro atoms. The van der Waals surface area contributed by atoms with Crippen LogP contribution in [-0.2, 0) is 26.1 Å². The summed E-state index contributed by atoms with van der Waals surface area (Å²) >= 11 is 0. The van der Waals surface area contributed by atoms with Crippen molar-refractivity contribution < 1.29 is 32.8 Å². The average molecular weight is 533 g/mol. The number of benzene rings is 2. The van der Waals surface area contributed by atoms with E-state index in [1.807, 2.05) is 0 Å². The summed E-state index contributed by atoms with van der Waals surface area (Å²) in [4.78, 5) is 34.1. The Morgan fingerprint density at radius 2 is 1.92 bits per heavy atom. The summed E-state index contributed by atoms with van der Waals surface area (Å²) in [5.41, 5.74) is -3.13. The molecule has 8 nitrogen and oxygen atoms in total. The number of anilines is 2. The Morgan fingerprint density at radius 1 is 1.24 bits per heavy atom. The third kappa shape index (κ3) is 4.38. The number of nitrogens with one attached hydrogen (secondary N) is 1. The van der Waals surface area contributed by atoms with Crippen LogP contribution in [0.3, 0.4) is 0 Å². The molecule has 0 saturated heterocycles. The Hall–Kier alpha value is -3.28. The number of nitrogens with zero attached hydrogens (tertiary/aromatic N) is 3. The fraction of sp³-hybridized carbons (Fsp3) is 0.444. The maximum Gasteiger partial charge on any atom is 0.303 e. The summed E-state index contributed by atoms with van der Waals surface area (Å²) < 4.78 is 45.0. The maximum absolute atomic E-state index is 15.4. The Kier molecular flexibility index (Phi) is 6.92. The molecule has 204 valence electrons. The second-order valence-electron chi connectivity index (χ2n) is 10.1. The van der Waals surface area contributed by atoms with Gasteiger partial charge in [-0.1, -0.05) is 12.1 Å². The number of likely N-dealkylation sites (N-methyl/N-ethyl adjacent to an activating group) is 1. The topological polar surface area (TPSA) is 96.8 Å². The van der Waals surface area contributed by atoms with Gasteiger partial charge in [-0.15, -0.1) is 0 Å². The quantitative estimate of drug-likeness (QED) is 0.301. The van der Waals surface area contributed by atoms with Crippen molar-refractivity contribution in [1.82, 2.24) is 9.97 Å². The normalized spacial score (nSPS) is 18.7. The number of hydrogen-bond acceptors (Lipinski definition) is 7. The average Bonchev–Trinajstić information content (AvgIpc) is 3.01. The number of aryl methyl sites for hydroxylation is 1. The van der Waals surface area contributed by atoms with Crippen LogP contribution in [0.1, 0.15) is 63.2 Å². The van der Waals surface area contributed by atoms with E-state index in [9.17, 15) is 18.7 Å². The molecule has 1 aliphatic rings. The van der Waals surface area contributed by atoms with Crippen LogP contribution in [-0.4, -0.2) is 40.2 Å². The number of aromatic nitrogens is 2. The van der Waals surface area contributed by atoms with Gasteiger partial charge in [0.25, 0.3) is 5.91 Å². The van der Waals surface area contributed by atoms with Gasteiger partial charge in [0.05, 0.1) is 29.4 Å². The summed E-state index contributed by atoms with van der Waals surface area (Å²) in [6, 6.07) is 6.35. The zero-order chi connectivity index (χ0) is 28.2. The summed E-state index contributed by atoms with van der Waals surface area (Å²) in [5, 5.41) is 13.6. The van der Waals surface area contributed by atoms with Gasteiger partial charge in [0, 0.05) is 23.6 Å². The molecule has 0 bridgehead atoms. The van der Waals surface area contributed by atoms with Crippen molar-refractivity contribution in [2.45, 2.75) is 64.7 Å². The van der Waals surface area contributed by atoms with E-state index in [-0.39, 0.29) is 18.1 Å². The third-order valence-corrected chi connectivity index (χ3v) is 6.81. The number of rotatable bonds is 8. The minimum Gasteiger partial charge on any atom is -0.384 e. The molecule has 1 aliphatic heterocycles. The molecule has 2 heterocycles. The summed E-state index contributed by atoms with van der Waals surface area (Å²) in [5.74, 6) is -4.53. The van der Waals surface area contributed by atoms with Crippen molar-refractivity contribution in [2.24, 2.45) is 0 Å². The lowest BCUT2D eigenvalue weighted by Gasteiger charge is -2.30. The monoisotopic (exact) mass is 532 g/mol. The number of fused-ring (bicyclic) bond motifs is 2. The highest BCUT2D eigenvalue weighted by Crippen LogP contribution is 2.45. The zero-order valence-corrected chi connectivity index (χ0v) is 22.3. The summed E-state index contributed by atoms with van der Waals surface area (Å²) in [6.45, 7) is 8.77. The predicted octanol–water partition coefficient (Wildman–Crippen LogP) is 5.27. The molecule has 1 amide bonds. The number of hydrogen-bond donors (Lipinski definition) is 2. The van der Waals surface area contributed by atoms with Crippen LogP contribution in [0.4, 0.5) is 24.7 Å². The van der Waals surface area contributed by atoms with Crippen LogP contribution >= 0.6 is 0 Å². The lowest BCUT2D eigenvalue weighted by Crippen LogP contribution is -2.41. The van der Waals surface area contributed by atoms with Crippen LogP contribution in [0.2, 0.25) is 0 Å². The Bertz CT molecular complexity index is 1410. The largest absolute Gasteiger partial charge is 0.384 e. The van der Waals surface area contributed by atoms with E-state index in [4.69, 9.17) is 9.78 Å². The first kappa shape index (κ1) is 27.7. The van der Waals surface area contributed by atoms with Crippen molar-refractivity contribution in [1.29, 1.82) is 0 Å². The number of amides is 1. The molecule has 38 heavy (non-hydrogen) atoms. The van der Waals surface area contributed by atoms with Gasteiger partial charge in [0.2, 0.25) is 5.60 Å². The van der Waals surface area contributed by atoms with Crippen LogP contribution in [0.25, 0.3) is 10.9 Å². The summed E-state index contributed by atoms with van der Waals surface area (Å²) in [7, 11) is 1.61. The molecule has 4 rings (SSSR count). The van der Waals surface area contributed by atoms with Crippen LogP contribution < -0.4 is 10.2 Å². The first-order chi connectivity index (χ1) is 17.6. The standard InChI is InChI=1S/C27H31F3N4O4/c1-8-37-38-26(6)19-13-20-17(12-21(19)34(7)24(26)35)23(33-15(3)32-20)31-14(2)16-10-9-11-18(22(16)28)27(29,30)25(4,5)36/h9-14,36H,8H2,1-7H3,(H,31,32,33)/t14-,26-/m1/s1. The Balaban J connectivity index is 1.78. The van der Waals surface area contributed by atoms with Crippen molar-refractivity contribution in [3.05, 3.63) is 58.7 Å². The second kappa shape index (κ2) is 9.48. The number of carbonyl (C=O) groups excluding carboxylic acids is 1. The molecule has 0 saturated carbocycles. The van der Waals surface area contributed by atoms with E-state index in [0.717, 1.165) is 19.9 Å². The molecule has 0 fully saturated rings. The molecule has 3 aromatic rings. The van der Waals surface area contributed by atoms with Gasteiger partial charge >= 0.3 is 5.92 Å². The second-order valence-corrected chi connectivity index (χ2v) is 10.1. The molecule has 0 radical (unpaired) electrons. The van der Waals surface area contributed by atoms with E-state index in [1.165, 1.54) is 17.0 Å². The number of halogens is 3. The van der Waals surface area contributed by atoms with Crippen LogP contribution in [0.5, 0.6) is 0 Å². The molecule has 1 aromatic heterocycles. The zero-order valence-electron chi connectivity index (χ0n) is 22.3. The first-order valence-electron chi connectivity index (χ1n) is 12.2. The van der Waals surface area contributed by atoms with E-state index in [0.29, 0.717) is 33.8 Å². The molecular weight excluding hydrogens is 501 g/mol. The third-order valence-electron chi connectivity index (χ3n) is 6.81. The minimum atomic E-state index is -3.82. The van der Waals surface area contributed by atoms with Crippen molar-refractivity contribution >= 4 is 28.3 Å². The number of alkyl halides is 2. The highest BCUT2D eigenvalue weighted by atomic mass is 19.3. The lowest BCUT2D eigenvalue weighted by atomic mass is 9.91. The lowest BCUT2D eigenvalue weighted by molar-refractivity contribution is -0.346. The van der Waals surface area contributed by atoms with Crippen LogP contribution in [0.15, 0.2) is 30.3 Å². The SMILES string of the molecule is CCOO[C@@]1(C)C(=O)N(C)c2cc3c(N[C@H](C)c4cccc(C(F)(F)C(C)(C)O)c4F)nc(C)nc3cc21. The molecular formula is C27H31F3N4O4. The first-order valence-corrected chi connectivity index (χ1v) is 12.2. The smallest absolute Gasteiger partial charge is 0.303 e. The summed E-state index contributed by atoms with van der Waals surface area (Å²) in [6.07, 6.45) is 0. The highest BCUT2D eigenvalue weighted by Gasteiger charge is 2.50. The molecule has 2 N–H and O–H groups in total. The van der Waals surface area contributed by atoms with E-state index in [1.54, 1.807) is 46.9 Å². The van der Waals surface area contributed by atoms with Gasteiger partial charge in [0.1, 0.15) is 23.1 Å². The Labute approximate surface area is 218 Å². The van der Waals surface area contributed by atoms with E-state index >= 15 is 4.39 Å². The molecule has 11 heteroatoms. The van der Waals surface area contributed by atoms with Crippen LogP contribution in [0, 0.1) is 12.7 Å². The number of aliphatic hydroxyl groups is 1. The van der Waals surface area contributed by atoms with Crippen molar-refractivity contribution in [3.8, 4) is 0 Å². The van der Waals surface area contributed by atoms with Gasteiger partial charge < -0.3 is 15.3 Å². The molecule has 2 atom stereocenters. The van der Waals surface area contributed by atoms with E-state index < -0.39 is 34.5 Å². The molecule has 0 unspecified atom stereocenters. The van der Waals surface area contributed by atoms with Crippen molar-refractivity contribution in [2.75, 3.05) is 23.9 Å². The minimum absolute atomic E-state index is 0.0259. The van der Waals surface area contributed by atoms with E-state index in [2.05, 4.69) is 15.3 Å². The maximum atomic E-state index is 15.4. The van der Waals surface area contributed by atoms with Gasteiger partial charge in [-0.3, -0.25) is 4.79 Å². The molecule has 0 aliphatic carbocycles. The van der Waals surface area contributed by atoms with Gasteiger partial charge in [0.15, 0.2) is 0 Å². The Morgan fingerprint density at radius 3 is 2.55 bits per heavy atom. The fourth-order valence-electron chi connectivity index (χ4n) is 4.59. The van der Waals surface area contributed by atoms with Gasteiger partial charge in [-0.05, 0) is 59.7 Å².